The van der Waals surface area contributed by atoms with Crippen molar-refractivity contribution in [2.45, 2.75) is 32.7 Å². The van der Waals surface area contributed by atoms with Crippen molar-refractivity contribution in [1.82, 2.24) is 9.78 Å². The second kappa shape index (κ2) is 7.46. The maximum Gasteiger partial charge on any atom is 0.416 e. The Morgan fingerprint density at radius 3 is 2.38 bits per heavy atom. The van der Waals surface area contributed by atoms with Crippen LogP contribution in [0.1, 0.15) is 16.7 Å². The molecule has 1 aromatic heterocycles. The van der Waals surface area contributed by atoms with E-state index in [-0.39, 0.29) is 23.4 Å². The van der Waals surface area contributed by atoms with Crippen LogP contribution in [0.4, 0.5) is 23.7 Å². The SMILES string of the molecule is Cc1cc(C(F)(F)F)cc(C)c1NC(=O)OC(Cn1cccn1)C(=O)O. The summed E-state index contributed by atoms with van der Waals surface area (Å²) in [6, 6.07) is 3.36. The van der Waals surface area contributed by atoms with Crippen molar-refractivity contribution in [3.8, 4) is 0 Å². The Hall–Kier alpha value is -3.04. The third-order valence-electron chi connectivity index (χ3n) is 3.52. The molecule has 0 saturated carbocycles. The van der Waals surface area contributed by atoms with Crippen molar-refractivity contribution in [2.75, 3.05) is 5.32 Å². The minimum absolute atomic E-state index is 0.131. The van der Waals surface area contributed by atoms with E-state index in [9.17, 15) is 22.8 Å². The number of aromatic nitrogens is 2. The number of carbonyl (C=O) groups excluding carboxylic acids is 1. The fraction of sp³-hybridized carbons (Fsp3) is 0.312. The number of anilines is 1. The van der Waals surface area contributed by atoms with Crippen LogP contribution in [-0.2, 0) is 22.3 Å². The number of rotatable bonds is 5. The molecule has 1 atom stereocenters. The first kappa shape index (κ1) is 19.3. The standard InChI is InChI=1S/C16H16F3N3O4/c1-9-6-11(16(17,18)19)7-10(2)13(9)21-15(25)26-12(14(23)24)8-22-5-3-4-20-22/h3-7,12H,8H2,1-2H3,(H,21,25)(H,23,24). The highest BCUT2D eigenvalue weighted by atomic mass is 19.4. The molecule has 0 spiro atoms. The molecule has 0 fully saturated rings. The Morgan fingerprint density at radius 1 is 1.31 bits per heavy atom. The van der Waals surface area contributed by atoms with Crippen LogP contribution >= 0.6 is 0 Å². The zero-order chi connectivity index (χ0) is 19.5. The van der Waals surface area contributed by atoms with E-state index in [4.69, 9.17) is 9.84 Å². The van der Waals surface area contributed by atoms with Crippen LogP contribution in [0.2, 0.25) is 0 Å². The number of aryl methyl sites for hydroxylation is 2. The molecule has 7 nitrogen and oxygen atoms in total. The van der Waals surface area contributed by atoms with E-state index in [0.717, 1.165) is 12.1 Å². The van der Waals surface area contributed by atoms with Gasteiger partial charge in [-0.05, 0) is 43.2 Å². The van der Waals surface area contributed by atoms with E-state index >= 15 is 0 Å². The van der Waals surface area contributed by atoms with Gasteiger partial charge in [-0.1, -0.05) is 0 Å². The average Bonchev–Trinajstić information content (AvgIpc) is 3.02. The van der Waals surface area contributed by atoms with Crippen LogP contribution in [0.15, 0.2) is 30.6 Å². The van der Waals surface area contributed by atoms with E-state index in [2.05, 4.69) is 10.4 Å². The second-order valence-corrected chi connectivity index (χ2v) is 5.57. The normalized spacial score (nSPS) is 12.5. The fourth-order valence-corrected chi connectivity index (χ4v) is 2.33. The van der Waals surface area contributed by atoms with Crippen LogP contribution in [0.25, 0.3) is 0 Å². The lowest BCUT2D eigenvalue weighted by molar-refractivity contribution is -0.147. The first-order valence-corrected chi connectivity index (χ1v) is 7.44. The van der Waals surface area contributed by atoms with Crippen molar-refractivity contribution in [1.29, 1.82) is 0 Å². The number of aliphatic carboxylic acids is 1. The number of carboxylic acid groups (broad SMARTS) is 1. The van der Waals surface area contributed by atoms with Gasteiger partial charge >= 0.3 is 18.2 Å². The first-order valence-electron chi connectivity index (χ1n) is 7.44. The predicted octanol–water partition coefficient (Wildman–Crippen LogP) is 3.22. The number of benzene rings is 1. The van der Waals surface area contributed by atoms with E-state index in [0.29, 0.717) is 0 Å². The number of carbonyl (C=O) groups is 2. The molecular formula is C16H16F3N3O4. The summed E-state index contributed by atoms with van der Waals surface area (Å²) in [5, 5.41) is 15.3. The number of nitrogens with one attached hydrogen (secondary N) is 1. The highest BCUT2D eigenvalue weighted by Crippen LogP contribution is 2.33. The largest absolute Gasteiger partial charge is 0.478 e. The molecule has 2 rings (SSSR count). The summed E-state index contributed by atoms with van der Waals surface area (Å²) < 4.78 is 44.5. The predicted molar refractivity (Wildman–Crippen MR) is 84.7 cm³/mol. The van der Waals surface area contributed by atoms with Gasteiger partial charge in [-0.15, -0.1) is 0 Å². The summed E-state index contributed by atoms with van der Waals surface area (Å²) in [5.41, 5.74) is -0.360. The first-order chi connectivity index (χ1) is 12.1. The number of hydrogen-bond acceptors (Lipinski definition) is 4. The summed E-state index contributed by atoms with van der Waals surface area (Å²) in [6.07, 6.45) is -4.16. The quantitative estimate of drug-likeness (QED) is 0.842. The smallest absolute Gasteiger partial charge is 0.416 e. The van der Waals surface area contributed by atoms with Crippen LogP contribution in [0.3, 0.4) is 0 Å². The van der Waals surface area contributed by atoms with Crippen molar-refractivity contribution < 1.29 is 32.6 Å². The van der Waals surface area contributed by atoms with Crippen LogP contribution in [0, 0.1) is 13.8 Å². The van der Waals surface area contributed by atoms with Gasteiger partial charge in [-0.3, -0.25) is 10.00 Å². The highest BCUT2D eigenvalue weighted by molar-refractivity contribution is 5.88. The van der Waals surface area contributed by atoms with E-state index in [1.165, 1.54) is 30.9 Å². The zero-order valence-electron chi connectivity index (χ0n) is 13.9. The highest BCUT2D eigenvalue weighted by Gasteiger charge is 2.31. The van der Waals surface area contributed by atoms with Gasteiger partial charge < -0.3 is 9.84 Å². The third-order valence-corrected chi connectivity index (χ3v) is 3.52. The third kappa shape index (κ3) is 4.74. The van der Waals surface area contributed by atoms with Gasteiger partial charge in [0, 0.05) is 18.1 Å². The van der Waals surface area contributed by atoms with Crippen LogP contribution < -0.4 is 5.32 Å². The summed E-state index contributed by atoms with van der Waals surface area (Å²) in [6.45, 7) is 2.59. The Bertz CT molecular complexity index is 781. The van der Waals surface area contributed by atoms with Gasteiger partial charge in [0.05, 0.1) is 12.1 Å². The lowest BCUT2D eigenvalue weighted by Crippen LogP contribution is -2.33. The molecule has 0 aliphatic heterocycles. The van der Waals surface area contributed by atoms with Crippen molar-refractivity contribution >= 4 is 17.7 Å². The molecule has 2 aromatic rings. The molecule has 1 unspecified atom stereocenters. The second-order valence-electron chi connectivity index (χ2n) is 5.57. The number of amides is 1. The molecule has 10 heteroatoms. The minimum Gasteiger partial charge on any atom is -0.478 e. The number of hydrogen-bond donors (Lipinski definition) is 2. The number of alkyl halides is 3. The van der Waals surface area contributed by atoms with Gasteiger partial charge in [0.1, 0.15) is 0 Å². The number of nitrogens with zero attached hydrogens (tertiary/aromatic N) is 2. The van der Waals surface area contributed by atoms with Gasteiger partial charge in [0.2, 0.25) is 6.10 Å². The Balaban J connectivity index is 2.12. The molecule has 26 heavy (non-hydrogen) atoms. The Kier molecular flexibility index (Phi) is 5.53. The zero-order valence-corrected chi connectivity index (χ0v) is 13.9. The molecule has 2 N–H and O–H groups in total. The molecule has 0 bridgehead atoms. The summed E-state index contributed by atoms with van der Waals surface area (Å²) in [4.78, 5) is 23.2. The minimum atomic E-state index is -4.51. The molecule has 1 aromatic carbocycles. The van der Waals surface area contributed by atoms with Gasteiger partial charge in [-0.2, -0.15) is 18.3 Å². The molecule has 0 saturated heterocycles. The van der Waals surface area contributed by atoms with Gasteiger partial charge in [0.25, 0.3) is 0 Å². The number of halogens is 3. The molecule has 0 aliphatic carbocycles. The van der Waals surface area contributed by atoms with Crippen molar-refractivity contribution in [3.63, 3.8) is 0 Å². The lowest BCUT2D eigenvalue weighted by Gasteiger charge is -2.17. The van der Waals surface area contributed by atoms with E-state index in [1.807, 2.05) is 0 Å². The molecule has 1 amide bonds. The maximum absolute atomic E-state index is 12.8. The van der Waals surface area contributed by atoms with Gasteiger partial charge in [0.15, 0.2) is 0 Å². The van der Waals surface area contributed by atoms with E-state index in [1.54, 1.807) is 6.07 Å². The molecule has 0 aliphatic rings. The lowest BCUT2D eigenvalue weighted by atomic mass is 10.0. The number of carboxylic acids is 1. The topological polar surface area (TPSA) is 93.5 Å². The monoisotopic (exact) mass is 371 g/mol. The maximum atomic E-state index is 12.8. The Labute approximate surface area is 146 Å². The number of ether oxygens (including phenoxy) is 1. The van der Waals surface area contributed by atoms with Crippen molar-refractivity contribution in [2.24, 2.45) is 0 Å². The van der Waals surface area contributed by atoms with E-state index < -0.39 is 29.9 Å². The molecule has 140 valence electrons. The summed E-state index contributed by atoms with van der Waals surface area (Å²) in [5.74, 6) is -1.38. The van der Waals surface area contributed by atoms with Crippen molar-refractivity contribution in [3.05, 3.63) is 47.3 Å². The van der Waals surface area contributed by atoms with Crippen LogP contribution in [-0.4, -0.2) is 33.1 Å². The summed E-state index contributed by atoms with van der Waals surface area (Å²) in [7, 11) is 0. The van der Waals surface area contributed by atoms with Crippen LogP contribution in [0.5, 0.6) is 0 Å². The summed E-state index contributed by atoms with van der Waals surface area (Å²) >= 11 is 0. The molecular weight excluding hydrogens is 355 g/mol. The fourth-order valence-electron chi connectivity index (χ4n) is 2.33. The molecule has 1 heterocycles. The van der Waals surface area contributed by atoms with Gasteiger partial charge in [-0.25, -0.2) is 9.59 Å². The Morgan fingerprint density at radius 2 is 1.92 bits per heavy atom. The average molecular weight is 371 g/mol. The molecule has 0 radical (unpaired) electrons.